The maximum atomic E-state index is 5.27. The largest absolute Gasteiger partial charge is 0.378 e. The summed E-state index contributed by atoms with van der Waals surface area (Å²) in [5.74, 6) is 1.47. The molecule has 5 rings (SSSR count). The minimum atomic E-state index is 0.110. The Morgan fingerprint density at radius 3 is 2.68 bits per heavy atom. The van der Waals surface area contributed by atoms with Crippen molar-refractivity contribution in [1.82, 2.24) is 29.1 Å². The first-order valence-electron chi connectivity index (χ1n) is 10.1. The van der Waals surface area contributed by atoms with Crippen LogP contribution >= 0.6 is 0 Å². The Hall–Kier alpha value is -3.78. The van der Waals surface area contributed by atoms with Crippen molar-refractivity contribution in [3.8, 4) is 5.69 Å². The van der Waals surface area contributed by atoms with Gasteiger partial charge in [0.1, 0.15) is 18.5 Å². The van der Waals surface area contributed by atoms with E-state index >= 15 is 0 Å². The van der Waals surface area contributed by atoms with E-state index in [2.05, 4.69) is 73.8 Å². The molecule has 5 aromatic rings. The molecule has 2 aromatic carbocycles. The summed E-state index contributed by atoms with van der Waals surface area (Å²) in [6.45, 7) is 2.59. The molecule has 0 saturated heterocycles. The van der Waals surface area contributed by atoms with Crippen LogP contribution in [-0.2, 0) is 11.3 Å². The minimum absolute atomic E-state index is 0.110. The van der Waals surface area contributed by atoms with E-state index in [1.165, 1.54) is 11.9 Å². The van der Waals surface area contributed by atoms with Crippen molar-refractivity contribution in [2.75, 3.05) is 19.1 Å². The predicted octanol–water partition coefficient (Wildman–Crippen LogP) is 3.81. The fraction of sp³-hybridized carbons (Fsp3) is 0.217. The second-order valence-electron chi connectivity index (χ2n) is 7.49. The van der Waals surface area contributed by atoms with Crippen LogP contribution < -0.4 is 4.90 Å². The normalized spacial score (nSPS) is 12.5. The van der Waals surface area contributed by atoms with Crippen molar-refractivity contribution in [1.29, 1.82) is 0 Å². The highest BCUT2D eigenvalue weighted by atomic mass is 16.5. The molecule has 0 saturated carbocycles. The zero-order valence-electron chi connectivity index (χ0n) is 17.7. The van der Waals surface area contributed by atoms with Gasteiger partial charge in [0, 0.05) is 25.9 Å². The number of fused-ring (bicyclic) bond motifs is 2. The van der Waals surface area contributed by atoms with Crippen molar-refractivity contribution in [2.45, 2.75) is 19.6 Å². The Balaban J connectivity index is 1.46. The van der Waals surface area contributed by atoms with Crippen molar-refractivity contribution in [3.05, 3.63) is 78.5 Å². The number of ether oxygens (including phenoxy) is 1. The lowest BCUT2D eigenvalue weighted by molar-refractivity contribution is 0.181. The summed E-state index contributed by atoms with van der Waals surface area (Å²) < 4.78 is 9.12. The monoisotopic (exact) mass is 413 g/mol. The van der Waals surface area contributed by atoms with Gasteiger partial charge in [-0.15, -0.1) is 0 Å². The number of para-hydroxylation sites is 2. The SMILES string of the molecule is COCc1cc(N(C)C(C)c2ccc(-n3cnc4ccccc43)cc2)n2ncnc2n1. The Morgan fingerprint density at radius 1 is 1.06 bits per heavy atom. The quantitative estimate of drug-likeness (QED) is 0.422. The molecule has 3 aromatic heterocycles. The third-order valence-corrected chi connectivity index (χ3v) is 5.63. The molecule has 1 unspecified atom stereocenters. The standard InChI is InChI=1S/C23H23N7O/c1-16(28(2)22-12-18(13-31-3)27-23-24-14-26-30(22)23)17-8-10-19(11-9-17)29-15-25-20-6-4-5-7-21(20)29/h4-12,14-16H,13H2,1-3H3. The fourth-order valence-electron chi connectivity index (χ4n) is 3.82. The van der Waals surface area contributed by atoms with E-state index in [1.807, 2.05) is 30.6 Å². The number of anilines is 1. The number of methoxy groups -OCH3 is 1. The van der Waals surface area contributed by atoms with E-state index in [-0.39, 0.29) is 6.04 Å². The number of rotatable bonds is 6. The van der Waals surface area contributed by atoms with Crippen molar-refractivity contribution in [2.24, 2.45) is 0 Å². The summed E-state index contributed by atoms with van der Waals surface area (Å²) in [6.07, 6.45) is 3.39. The smallest absolute Gasteiger partial charge is 0.254 e. The molecule has 3 heterocycles. The molecule has 1 atom stereocenters. The zero-order valence-corrected chi connectivity index (χ0v) is 17.7. The molecular formula is C23H23N7O. The molecule has 0 aliphatic heterocycles. The average Bonchev–Trinajstić information content (AvgIpc) is 3.45. The van der Waals surface area contributed by atoms with Crippen LogP contribution in [0.5, 0.6) is 0 Å². The summed E-state index contributed by atoms with van der Waals surface area (Å²) in [5.41, 5.74) is 5.17. The number of nitrogens with zero attached hydrogens (tertiary/aromatic N) is 7. The van der Waals surface area contributed by atoms with Gasteiger partial charge in [0.05, 0.1) is 29.4 Å². The van der Waals surface area contributed by atoms with Crippen LogP contribution in [0.4, 0.5) is 5.82 Å². The van der Waals surface area contributed by atoms with Gasteiger partial charge in [-0.3, -0.25) is 4.57 Å². The van der Waals surface area contributed by atoms with Gasteiger partial charge in [-0.25, -0.2) is 9.97 Å². The third-order valence-electron chi connectivity index (χ3n) is 5.63. The van der Waals surface area contributed by atoms with Crippen molar-refractivity contribution in [3.63, 3.8) is 0 Å². The number of benzene rings is 2. The minimum Gasteiger partial charge on any atom is -0.378 e. The van der Waals surface area contributed by atoms with Crippen LogP contribution in [0, 0.1) is 0 Å². The molecule has 0 bridgehead atoms. The molecule has 0 N–H and O–H groups in total. The van der Waals surface area contributed by atoms with Gasteiger partial charge in [-0.05, 0) is 36.8 Å². The number of imidazole rings is 1. The highest BCUT2D eigenvalue weighted by Crippen LogP contribution is 2.27. The predicted molar refractivity (Wildman–Crippen MR) is 119 cm³/mol. The Morgan fingerprint density at radius 2 is 1.87 bits per heavy atom. The molecule has 0 aliphatic rings. The number of hydrogen-bond donors (Lipinski definition) is 0. The van der Waals surface area contributed by atoms with E-state index in [0.717, 1.165) is 28.2 Å². The van der Waals surface area contributed by atoms with Crippen LogP contribution in [-0.4, -0.2) is 43.3 Å². The van der Waals surface area contributed by atoms with Crippen molar-refractivity contribution < 1.29 is 4.74 Å². The lowest BCUT2D eigenvalue weighted by atomic mass is 10.1. The van der Waals surface area contributed by atoms with Crippen molar-refractivity contribution >= 4 is 22.6 Å². The highest BCUT2D eigenvalue weighted by Gasteiger charge is 2.18. The molecule has 0 spiro atoms. The van der Waals surface area contributed by atoms with Gasteiger partial charge in [0.15, 0.2) is 0 Å². The average molecular weight is 413 g/mol. The highest BCUT2D eigenvalue weighted by molar-refractivity contribution is 5.77. The molecule has 156 valence electrons. The van der Waals surface area contributed by atoms with Gasteiger partial charge in [0.2, 0.25) is 0 Å². The second kappa shape index (κ2) is 7.81. The van der Waals surface area contributed by atoms with E-state index < -0.39 is 0 Å². The molecule has 0 fully saturated rings. The molecule has 31 heavy (non-hydrogen) atoms. The lowest BCUT2D eigenvalue weighted by Crippen LogP contribution is -2.24. The van der Waals surface area contributed by atoms with Gasteiger partial charge >= 0.3 is 0 Å². The van der Waals surface area contributed by atoms with Crippen LogP contribution in [0.1, 0.15) is 24.2 Å². The van der Waals surface area contributed by atoms with E-state index in [0.29, 0.717) is 12.4 Å². The molecular weight excluding hydrogens is 390 g/mol. The maximum absolute atomic E-state index is 5.27. The summed E-state index contributed by atoms with van der Waals surface area (Å²) in [6, 6.07) is 18.8. The van der Waals surface area contributed by atoms with Gasteiger partial charge in [-0.1, -0.05) is 24.3 Å². The first-order chi connectivity index (χ1) is 15.2. The van der Waals surface area contributed by atoms with Crippen LogP contribution in [0.25, 0.3) is 22.5 Å². The summed E-state index contributed by atoms with van der Waals surface area (Å²) >= 11 is 0. The number of aromatic nitrogens is 6. The Labute approximate surface area is 179 Å². The lowest BCUT2D eigenvalue weighted by Gasteiger charge is -2.28. The first-order valence-corrected chi connectivity index (χ1v) is 10.1. The maximum Gasteiger partial charge on any atom is 0.254 e. The van der Waals surface area contributed by atoms with Gasteiger partial charge < -0.3 is 9.64 Å². The van der Waals surface area contributed by atoms with Gasteiger partial charge in [-0.2, -0.15) is 14.6 Å². The van der Waals surface area contributed by atoms with E-state index in [9.17, 15) is 0 Å². The zero-order chi connectivity index (χ0) is 21.4. The molecule has 0 amide bonds. The van der Waals surface area contributed by atoms with E-state index in [1.54, 1.807) is 11.6 Å². The molecule has 8 heteroatoms. The van der Waals surface area contributed by atoms with Crippen LogP contribution in [0.3, 0.4) is 0 Å². The molecule has 0 aliphatic carbocycles. The molecule has 8 nitrogen and oxygen atoms in total. The van der Waals surface area contributed by atoms with Crippen LogP contribution in [0.15, 0.2) is 67.3 Å². The second-order valence-corrected chi connectivity index (χ2v) is 7.49. The summed E-state index contributed by atoms with van der Waals surface area (Å²) in [5, 5.41) is 4.34. The van der Waals surface area contributed by atoms with Gasteiger partial charge in [0.25, 0.3) is 5.78 Å². The summed E-state index contributed by atoms with van der Waals surface area (Å²) in [7, 11) is 3.71. The molecule has 0 radical (unpaired) electrons. The summed E-state index contributed by atoms with van der Waals surface area (Å²) in [4.78, 5) is 15.4. The Kier molecular flexibility index (Phi) is 4.83. The first kappa shape index (κ1) is 19.2. The van der Waals surface area contributed by atoms with E-state index in [4.69, 9.17) is 4.74 Å². The number of hydrogen-bond acceptors (Lipinski definition) is 6. The third kappa shape index (κ3) is 3.40. The Bertz CT molecular complexity index is 1340. The topological polar surface area (TPSA) is 73.4 Å². The fourth-order valence-corrected chi connectivity index (χ4v) is 3.82. The van der Waals surface area contributed by atoms with Crippen LogP contribution in [0.2, 0.25) is 0 Å².